The number of nitrogens with zero attached hydrogens (tertiary/aromatic N) is 1. The largest absolute Gasteiger partial charge is 0.503 e. The molecule has 0 spiro atoms. The van der Waals surface area contributed by atoms with E-state index in [-0.39, 0.29) is 22.4 Å². The highest BCUT2D eigenvalue weighted by atomic mass is 79.9. The fourth-order valence-electron chi connectivity index (χ4n) is 1.68. The Morgan fingerprint density at radius 2 is 2.18 bits per heavy atom. The number of phenolic OH excluding ortho intramolecular Hbond substituents is 1. The Hall–Kier alpha value is -2.05. The van der Waals surface area contributed by atoms with Crippen LogP contribution in [-0.4, -0.2) is 24.3 Å². The van der Waals surface area contributed by atoms with Crippen LogP contribution in [0.3, 0.4) is 0 Å². The molecule has 22 heavy (non-hydrogen) atoms. The maximum absolute atomic E-state index is 11.9. The Bertz CT molecular complexity index is 735. The molecule has 0 aromatic heterocycles. The van der Waals surface area contributed by atoms with Crippen molar-refractivity contribution in [2.45, 2.75) is 0 Å². The summed E-state index contributed by atoms with van der Waals surface area (Å²) in [5.41, 5.74) is 3.47. The number of nitrogens with one attached hydrogen (secondary N) is 1. The van der Waals surface area contributed by atoms with Crippen molar-refractivity contribution in [3.63, 3.8) is 0 Å². The third kappa shape index (κ3) is 3.99. The van der Waals surface area contributed by atoms with Crippen molar-refractivity contribution >= 4 is 39.7 Å². The normalized spacial score (nSPS) is 10.7. The minimum absolute atomic E-state index is 0.138. The summed E-state index contributed by atoms with van der Waals surface area (Å²) in [6, 6.07) is 10.0. The first-order valence-corrected chi connectivity index (χ1v) is 7.34. The third-order valence-electron chi connectivity index (χ3n) is 2.74. The van der Waals surface area contributed by atoms with Crippen LogP contribution in [0.5, 0.6) is 11.5 Å². The van der Waals surface area contributed by atoms with Crippen molar-refractivity contribution < 1.29 is 14.6 Å². The Morgan fingerprint density at radius 1 is 1.41 bits per heavy atom. The predicted molar refractivity (Wildman–Crippen MR) is 88.9 cm³/mol. The van der Waals surface area contributed by atoms with Gasteiger partial charge in [-0.2, -0.15) is 5.10 Å². The van der Waals surface area contributed by atoms with Crippen LogP contribution < -0.4 is 10.2 Å². The molecule has 2 aromatic rings. The van der Waals surface area contributed by atoms with E-state index in [4.69, 9.17) is 16.3 Å². The lowest BCUT2D eigenvalue weighted by Gasteiger charge is -2.06. The van der Waals surface area contributed by atoms with E-state index in [9.17, 15) is 9.90 Å². The highest BCUT2D eigenvalue weighted by molar-refractivity contribution is 9.10. The molecule has 0 unspecified atom stereocenters. The predicted octanol–water partition coefficient (Wildman–Crippen LogP) is 3.58. The van der Waals surface area contributed by atoms with Crippen LogP contribution in [0.2, 0.25) is 5.02 Å². The van der Waals surface area contributed by atoms with Crippen molar-refractivity contribution in [1.29, 1.82) is 0 Å². The van der Waals surface area contributed by atoms with Gasteiger partial charge in [-0.1, -0.05) is 33.6 Å². The fraction of sp³-hybridized carbons (Fsp3) is 0.0667. The zero-order valence-corrected chi connectivity index (χ0v) is 13.9. The SMILES string of the molecule is COc1cc(/C=N\NC(=O)c2cccc(Br)c2)cc(Cl)c1O. The van der Waals surface area contributed by atoms with Gasteiger partial charge in [-0.3, -0.25) is 4.79 Å². The second-order valence-corrected chi connectivity index (χ2v) is 5.59. The van der Waals surface area contributed by atoms with Gasteiger partial charge in [-0.15, -0.1) is 0 Å². The van der Waals surface area contributed by atoms with Crippen LogP contribution in [0.15, 0.2) is 46.0 Å². The molecule has 0 aliphatic rings. The van der Waals surface area contributed by atoms with Gasteiger partial charge in [0.1, 0.15) is 0 Å². The molecule has 0 saturated heterocycles. The van der Waals surface area contributed by atoms with E-state index in [0.717, 1.165) is 4.47 Å². The monoisotopic (exact) mass is 382 g/mol. The first kappa shape index (κ1) is 16.3. The zero-order valence-electron chi connectivity index (χ0n) is 11.5. The van der Waals surface area contributed by atoms with Gasteiger partial charge < -0.3 is 9.84 Å². The maximum Gasteiger partial charge on any atom is 0.271 e. The third-order valence-corrected chi connectivity index (χ3v) is 3.52. The molecule has 7 heteroatoms. The number of methoxy groups -OCH3 is 1. The molecular weight excluding hydrogens is 372 g/mol. The molecule has 0 aliphatic carbocycles. The van der Waals surface area contributed by atoms with Crippen molar-refractivity contribution in [3.05, 3.63) is 57.0 Å². The van der Waals surface area contributed by atoms with Gasteiger partial charge in [0.2, 0.25) is 0 Å². The molecular formula is C15H12BrClN2O3. The summed E-state index contributed by atoms with van der Waals surface area (Å²) in [7, 11) is 1.42. The van der Waals surface area contributed by atoms with Crippen molar-refractivity contribution in [1.82, 2.24) is 5.43 Å². The van der Waals surface area contributed by atoms with Gasteiger partial charge in [-0.05, 0) is 35.9 Å². The van der Waals surface area contributed by atoms with E-state index >= 15 is 0 Å². The van der Waals surface area contributed by atoms with Crippen LogP contribution in [-0.2, 0) is 0 Å². The Morgan fingerprint density at radius 3 is 2.86 bits per heavy atom. The van der Waals surface area contributed by atoms with Crippen molar-refractivity contribution in [2.75, 3.05) is 7.11 Å². The van der Waals surface area contributed by atoms with Crippen molar-refractivity contribution in [3.8, 4) is 11.5 Å². The number of hydrogen-bond donors (Lipinski definition) is 2. The maximum atomic E-state index is 11.9. The topological polar surface area (TPSA) is 70.9 Å². The Labute approximate surface area is 140 Å². The summed E-state index contributed by atoms with van der Waals surface area (Å²) in [6.45, 7) is 0. The molecule has 0 heterocycles. The van der Waals surface area contributed by atoms with Gasteiger partial charge in [0.25, 0.3) is 5.91 Å². The molecule has 0 fully saturated rings. The lowest BCUT2D eigenvalue weighted by atomic mass is 10.2. The van der Waals surface area contributed by atoms with Crippen LogP contribution in [0, 0.1) is 0 Å². The number of halogens is 2. The number of ether oxygens (including phenoxy) is 1. The first-order chi connectivity index (χ1) is 10.5. The molecule has 2 rings (SSSR count). The van der Waals surface area contributed by atoms with Gasteiger partial charge in [0, 0.05) is 10.0 Å². The smallest absolute Gasteiger partial charge is 0.271 e. The second-order valence-electron chi connectivity index (χ2n) is 4.26. The minimum atomic E-state index is -0.339. The molecule has 0 atom stereocenters. The molecule has 2 aromatic carbocycles. The number of aromatic hydroxyl groups is 1. The summed E-state index contributed by atoms with van der Waals surface area (Å²) in [5, 5.41) is 13.6. The lowest BCUT2D eigenvalue weighted by molar-refractivity contribution is 0.0955. The second kappa shape index (κ2) is 7.29. The van der Waals surface area contributed by atoms with Gasteiger partial charge in [0.15, 0.2) is 11.5 Å². The van der Waals surface area contributed by atoms with E-state index < -0.39 is 0 Å². The minimum Gasteiger partial charge on any atom is -0.503 e. The number of rotatable bonds is 4. The van der Waals surface area contributed by atoms with Crippen LogP contribution in [0.1, 0.15) is 15.9 Å². The summed E-state index contributed by atoms with van der Waals surface area (Å²) >= 11 is 9.16. The first-order valence-electron chi connectivity index (χ1n) is 6.16. The number of hydrazone groups is 1. The van der Waals surface area contributed by atoms with E-state index in [0.29, 0.717) is 11.1 Å². The molecule has 114 valence electrons. The Balaban J connectivity index is 2.10. The molecule has 0 bridgehead atoms. The quantitative estimate of drug-likeness (QED) is 0.626. The molecule has 2 N–H and O–H groups in total. The molecule has 0 saturated carbocycles. The number of hydrogen-bond acceptors (Lipinski definition) is 4. The Kier molecular flexibility index (Phi) is 5.41. The number of benzene rings is 2. The standard InChI is InChI=1S/C15H12BrClN2O3/c1-22-13-6-9(5-12(17)14(13)20)8-18-19-15(21)10-3-2-4-11(16)7-10/h2-8,20H,1H3,(H,19,21)/b18-8-. The van der Waals surface area contributed by atoms with Gasteiger partial charge >= 0.3 is 0 Å². The highest BCUT2D eigenvalue weighted by Crippen LogP contribution is 2.34. The van der Waals surface area contributed by atoms with Crippen molar-refractivity contribution in [2.24, 2.45) is 5.10 Å². The van der Waals surface area contributed by atoms with Crippen LogP contribution in [0.4, 0.5) is 0 Å². The lowest BCUT2D eigenvalue weighted by Crippen LogP contribution is -2.17. The number of carbonyl (C=O) groups is 1. The summed E-state index contributed by atoms with van der Waals surface area (Å²) < 4.78 is 5.79. The number of amides is 1. The van der Waals surface area contributed by atoms with E-state index in [1.165, 1.54) is 19.4 Å². The van der Waals surface area contributed by atoms with Crippen LogP contribution in [0.25, 0.3) is 0 Å². The average molecular weight is 384 g/mol. The average Bonchev–Trinajstić information content (AvgIpc) is 2.50. The fourth-order valence-corrected chi connectivity index (χ4v) is 2.30. The van der Waals surface area contributed by atoms with E-state index in [2.05, 4.69) is 26.5 Å². The zero-order chi connectivity index (χ0) is 16.1. The van der Waals surface area contributed by atoms with Gasteiger partial charge in [0.05, 0.1) is 18.3 Å². The molecule has 0 aliphatic heterocycles. The highest BCUT2D eigenvalue weighted by Gasteiger charge is 2.08. The van der Waals surface area contributed by atoms with E-state index in [1.807, 2.05) is 6.07 Å². The number of carbonyl (C=O) groups excluding carboxylic acids is 1. The van der Waals surface area contributed by atoms with E-state index in [1.54, 1.807) is 24.3 Å². The van der Waals surface area contributed by atoms with Gasteiger partial charge in [-0.25, -0.2) is 5.43 Å². The summed E-state index contributed by atoms with van der Waals surface area (Å²) in [5.74, 6) is -0.249. The summed E-state index contributed by atoms with van der Waals surface area (Å²) in [6.07, 6.45) is 1.41. The molecule has 0 radical (unpaired) electrons. The van der Waals surface area contributed by atoms with Crippen LogP contribution >= 0.6 is 27.5 Å². The molecule has 1 amide bonds. The molecule has 5 nitrogen and oxygen atoms in total. The summed E-state index contributed by atoms with van der Waals surface area (Å²) in [4.78, 5) is 11.9. The number of phenols is 1.